The van der Waals surface area contributed by atoms with E-state index >= 15 is 0 Å². The van der Waals surface area contributed by atoms with Gasteiger partial charge in [0.25, 0.3) is 5.91 Å². The van der Waals surface area contributed by atoms with Crippen LogP contribution in [-0.2, 0) is 9.53 Å². The van der Waals surface area contributed by atoms with Crippen molar-refractivity contribution >= 4 is 63.5 Å². The van der Waals surface area contributed by atoms with Gasteiger partial charge in [0, 0.05) is 30.2 Å². The molecule has 0 saturated carbocycles. The van der Waals surface area contributed by atoms with Gasteiger partial charge in [-0.2, -0.15) is 0 Å². The Morgan fingerprint density at radius 1 is 0.892 bits per heavy atom. The van der Waals surface area contributed by atoms with Gasteiger partial charge in [-0.25, -0.2) is 4.39 Å². The summed E-state index contributed by atoms with van der Waals surface area (Å²) in [6.45, 7) is 2.97. The van der Waals surface area contributed by atoms with Gasteiger partial charge in [-0.05, 0) is 66.8 Å². The second kappa shape index (κ2) is 12.6. The molecule has 0 atom stereocenters. The van der Waals surface area contributed by atoms with E-state index < -0.39 is 11.7 Å². The molecule has 2 amide bonds. The van der Waals surface area contributed by atoms with Crippen LogP contribution >= 0.6 is 23.8 Å². The number of nitrogens with zero attached hydrogens (tertiary/aromatic N) is 1. The lowest BCUT2D eigenvalue weighted by Crippen LogP contribution is -2.41. The summed E-state index contributed by atoms with van der Waals surface area (Å²) < 4.78 is 19.1. The monoisotopic (exact) mass is 541 g/mol. The van der Waals surface area contributed by atoms with E-state index in [1.54, 1.807) is 48.5 Å². The van der Waals surface area contributed by atoms with Gasteiger partial charge in [-0.15, -0.1) is 0 Å². The van der Waals surface area contributed by atoms with E-state index in [9.17, 15) is 14.0 Å². The third-order valence-electron chi connectivity index (χ3n) is 5.49. The Labute approximate surface area is 224 Å². The first-order chi connectivity index (χ1) is 17.9. The molecule has 0 radical (unpaired) electrons. The van der Waals surface area contributed by atoms with Crippen LogP contribution in [0, 0.1) is 5.82 Å². The van der Waals surface area contributed by atoms with Crippen LogP contribution in [0.5, 0.6) is 0 Å². The fourth-order valence-electron chi connectivity index (χ4n) is 3.62. The highest BCUT2D eigenvalue weighted by molar-refractivity contribution is 7.80. The minimum Gasteiger partial charge on any atom is -0.379 e. The number of thiocarbonyl (C=S) groups is 1. The minimum atomic E-state index is -0.585. The zero-order valence-corrected chi connectivity index (χ0v) is 21.3. The quantitative estimate of drug-likeness (QED) is 0.319. The number of halogens is 2. The Morgan fingerprint density at radius 3 is 2.19 bits per heavy atom. The first-order valence-corrected chi connectivity index (χ1v) is 12.3. The molecule has 1 saturated heterocycles. The second-order valence-corrected chi connectivity index (χ2v) is 9.04. The molecule has 1 aliphatic heterocycles. The minimum absolute atomic E-state index is 0.0311. The summed E-state index contributed by atoms with van der Waals surface area (Å²) >= 11 is 11.7. The van der Waals surface area contributed by atoms with E-state index in [0.717, 1.165) is 13.1 Å². The molecule has 0 bridgehead atoms. The molecule has 1 fully saturated rings. The Morgan fingerprint density at radius 2 is 1.51 bits per heavy atom. The van der Waals surface area contributed by atoms with Gasteiger partial charge >= 0.3 is 0 Å². The molecule has 8 nitrogen and oxygen atoms in total. The van der Waals surface area contributed by atoms with Gasteiger partial charge in [-0.3, -0.25) is 14.5 Å². The maximum atomic E-state index is 13.8. The van der Waals surface area contributed by atoms with E-state index in [4.69, 9.17) is 28.6 Å². The topological polar surface area (TPSA) is 94.7 Å². The first kappa shape index (κ1) is 26.5. The van der Waals surface area contributed by atoms with E-state index in [1.807, 2.05) is 4.90 Å². The van der Waals surface area contributed by atoms with Crippen LogP contribution in [-0.4, -0.2) is 54.7 Å². The van der Waals surface area contributed by atoms with Gasteiger partial charge in [0.05, 0.1) is 36.0 Å². The molecular formula is C26H25ClFN5O3S. The SMILES string of the molecule is O=C(CN1CCOCC1)Nc1ccc(NC(=S)Nc2ccc(NC(=O)c3ccccc3F)cc2)cc1Cl. The second-order valence-electron chi connectivity index (χ2n) is 8.22. The third-order valence-corrected chi connectivity index (χ3v) is 6.01. The number of hydrogen-bond acceptors (Lipinski definition) is 5. The Kier molecular flexibility index (Phi) is 9.02. The summed E-state index contributed by atoms with van der Waals surface area (Å²) in [5, 5.41) is 12.3. The molecule has 3 aromatic carbocycles. The molecule has 0 aliphatic carbocycles. The summed E-state index contributed by atoms with van der Waals surface area (Å²) in [5.41, 5.74) is 2.31. The van der Waals surface area contributed by atoms with Gasteiger partial charge < -0.3 is 26.0 Å². The highest BCUT2D eigenvalue weighted by Gasteiger charge is 2.15. The van der Waals surface area contributed by atoms with Crippen molar-refractivity contribution in [2.24, 2.45) is 0 Å². The van der Waals surface area contributed by atoms with Crippen molar-refractivity contribution in [1.82, 2.24) is 4.90 Å². The van der Waals surface area contributed by atoms with Crippen molar-refractivity contribution < 1.29 is 18.7 Å². The highest BCUT2D eigenvalue weighted by atomic mass is 35.5. The highest BCUT2D eigenvalue weighted by Crippen LogP contribution is 2.26. The maximum Gasteiger partial charge on any atom is 0.258 e. The van der Waals surface area contributed by atoms with Crippen molar-refractivity contribution in [2.45, 2.75) is 0 Å². The molecule has 4 rings (SSSR count). The van der Waals surface area contributed by atoms with E-state index in [0.29, 0.717) is 46.1 Å². The van der Waals surface area contributed by atoms with Crippen molar-refractivity contribution in [2.75, 3.05) is 54.1 Å². The van der Waals surface area contributed by atoms with Crippen LogP contribution in [0.3, 0.4) is 0 Å². The van der Waals surface area contributed by atoms with Gasteiger partial charge in [0.1, 0.15) is 5.82 Å². The number of amides is 2. The predicted molar refractivity (Wildman–Crippen MR) is 148 cm³/mol. The fraction of sp³-hybridized carbons (Fsp3) is 0.192. The molecule has 3 aromatic rings. The smallest absolute Gasteiger partial charge is 0.258 e. The van der Waals surface area contributed by atoms with Crippen LogP contribution < -0.4 is 21.3 Å². The number of carbonyl (C=O) groups excluding carboxylic acids is 2. The van der Waals surface area contributed by atoms with E-state index in [-0.39, 0.29) is 18.0 Å². The average molecular weight is 542 g/mol. The number of nitrogens with one attached hydrogen (secondary N) is 4. The number of morpholine rings is 1. The summed E-state index contributed by atoms with van der Waals surface area (Å²) in [4.78, 5) is 26.6. The molecule has 0 aromatic heterocycles. The molecule has 0 unspecified atom stereocenters. The largest absolute Gasteiger partial charge is 0.379 e. The molecular weight excluding hydrogens is 517 g/mol. The molecule has 192 valence electrons. The number of rotatable bonds is 7. The molecule has 0 spiro atoms. The van der Waals surface area contributed by atoms with Crippen LogP contribution in [0.4, 0.5) is 27.1 Å². The summed E-state index contributed by atoms with van der Waals surface area (Å²) in [5.74, 6) is -1.26. The van der Waals surface area contributed by atoms with Crippen molar-refractivity contribution in [3.63, 3.8) is 0 Å². The Hall–Kier alpha value is -3.57. The number of carbonyl (C=O) groups is 2. The standard InChI is InChI=1S/C26H25ClFN5O3S/c27-21-15-19(9-10-23(21)32-24(34)16-33-11-13-36-14-12-33)31-26(37)30-18-7-5-17(6-8-18)29-25(35)20-3-1-2-4-22(20)28/h1-10,15H,11-14,16H2,(H,29,35)(H,32,34)(H2,30,31,37). The lowest BCUT2D eigenvalue weighted by Gasteiger charge is -2.25. The third kappa shape index (κ3) is 7.70. The van der Waals surface area contributed by atoms with Gasteiger partial charge in [-0.1, -0.05) is 23.7 Å². The molecule has 37 heavy (non-hydrogen) atoms. The van der Waals surface area contributed by atoms with E-state index in [2.05, 4.69) is 21.3 Å². The normalized spacial score (nSPS) is 13.5. The average Bonchev–Trinajstić information content (AvgIpc) is 2.87. The Bertz CT molecular complexity index is 1290. The number of ether oxygens (including phenoxy) is 1. The zero-order chi connectivity index (χ0) is 26.2. The lowest BCUT2D eigenvalue weighted by atomic mass is 10.2. The molecule has 11 heteroatoms. The Balaban J connectivity index is 1.27. The molecule has 1 heterocycles. The van der Waals surface area contributed by atoms with Gasteiger partial charge in [0.15, 0.2) is 5.11 Å². The number of benzene rings is 3. The van der Waals surface area contributed by atoms with Gasteiger partial charge in [0.2, 0.25) is 5.91 Å². The lowest BCUT2D eigenvalue weighted by molar-refractivity contribution is -0.118. The van der Waals surface area contributed by atoms with Crippen molar-refractivity contribution in [3.8, 4) is 0 Å². The first-order valence-electron chi connectivity index (χ1n) is 11.5. The van der Waals surface area contributed by atoms with Crippen molar-refractivity contribution in [3.05, 3.63) is 83.1 Å². The summed E-state index contributed by atoms with van der Waals surface area (Å²) in [6, 6.07) is 17.7. The zero-order valence-electron chi connectivity index (χ0n) is 19.7. The van der Waals surface area contributed by atoms with Crippen molar-refractivity contribution in [1.29, 1.82) is 0 Å². The predicted octanol–water partition coefficient (Wildman–Crippen LogP) is 4.81. The van der Waals surface area contributed by atoms with Crippen LogP contribution in [0.1, 0.15) is 10.4 Å². The van der Waals surface area contributed by atoms with Crippen LogP contribution in [0.2, 0.25) is 5.02 Å². The number of hydrogen-bond donors (Lipinski definition) is 4. The summed E-state index contributed by atoms with van der Waals surface area (Å²) in [7, 11) is 0. The van der Waals surface area contributed by atoms with E-state index in [1.165, 1.54) is 18.2 Å². The summed E-state index contributed by atoms with van der Waals surface area (Å²) in [6.07, 6.45) is 0. The molecule has 1 aliphatic rings. The number of anilines is 4. The van der Waals surface area contributed by atoms with Crippen LogP contribution in [0.15, 0.2) is 66.7 Å². The maximum absolute atomic E-state index is 13.8. The fourth-order valence-corrected chi connectivity index (χ4v) is 4.08. The molecule has 4 N–H and O–H groups in total. The van der Waals surface area contributed by atoms with Crippen LogP contribution in [0.25, 0.3) is 0 Å².